The Balaban J connectivity index is 1.97. The van der Waals surface area contributed by atoms with E-state index in [0.717, 1.165) is 19.3 Å². The van der Waals surface area contributed by atoms with E-state index in [1.165, 1.54) is 0 Å². The average molecular weight is 224 g/mol. The van der Waals surface area contributed by atoms with Crippen LogP contribution in [-0.4, -0.2) is 22.3 Å². The molecule has 0 spiro atoms. The molecule has 16 heavy (non-hydrogen) atoms. The van der Waals surface area contributed by atoms with Crippen LogP contribution in [0.2, 0.25) is 0 Å². The molecule has 0 saturated heterocycles. The number of rotatable bonds is 2. The summed E-state index contributed by atoms with van der Waals surface area (Å²) < 4.78 is 4.39. The molecule has 6 heteroatoms. The van der Waals surface area contributed by atoms with Gasteiger partial charge in [0.15, 0.2) is 0 Å². The first-order valence-electron chi connectivity index (χ1n) is 5.37. The van der Waals surface area contributed by atoms with Gasteiger partial charge in [0.1, 0.15) is 0 Å². The zero-order valence-corrected chi connectivity index (χ0v) is 9.49. The van der Waals surface area contributed by atoms with Crippen molar-refractivity contribution in [1.29, 1.82) is 0 Å². The fourth-order valence-electron chi connectivity index (χ4n) is 2.17. The van der Waals surface area contributed by atoms with Crippen molar-refractivity contribution in [3.8, 4) is 0 Å². The molecule has 1 atom stereocenters. The number of nitrogens with zero attached hydrogens (tertiary/aromatic N) is 2. The first-order valence-corrected chi connectivity index (χ1v) is 5.37. The smallest absolute Gasteiger partial charge is 0.277 e. The lowest BCUT2D eigenvalue weighted by atomic mass is 9.92. The topological polar surface area (TPSA) is 94.0 Å². The largest absolute Gasteiger partial charge is 0.379 e. The first-order chi connectivity index (χ1) is 7.48. The van der Waals surface area contributed by atoms with E-state index >= 15 is 0 Å². The van der Waals surface area contributed by atoms with Gasteiger partial charge in [-0.2, -0.15) is 0 Å². The predicted octanol–water partition coefficient (Wildman–Crippen LogP) is 0.960. The van der Waals surface area contributed by atoms with E-state index in [1.807, 2.05) is 0 Å². The molecule has 0 bridgehead atoms. The lowest BCUT2D eigenvalue weighted by Gasteiger charge is -2.17. The van der Waals surface area contributed by atoms with E-state index < -0.39 is 0 Å². The molecular formula is C10H16N4O2. The summed E-state index contributed by atoms with van der Waals surface area (Å²) in [6, 6.07) is 0.193. The third-order valence-electron chi connectivity index (χ3n) is 3.03. The zero-order valence-electron chi connectivity index (χ0n) is 9.49. The van der Waals surface area contributed by atoms with E-state index in [1.54, 1.807) is 0 Å². The highest BCUT2D eigenvalue weighted by atomic mass is 16.6. The maximum Gasteiger partial charge on any atom is 0.277 e. The van der Waals surface area contributed by atoms with Gasteiger partial charge in [-0.1, -0.05) is 13.8 Å². The summed E-state index contributed by atoms with van der Waals surface area (Å²) in [6.07, 6.45) is 3.08. The van der Waals surface area contributed by atoms with Gasteiger partial charge in [0, 0.05) is 6.04 Å². The van der Waals surface area contributed by atoms with Crippen LogP contribution < -0.4 is 11.1 Å². The number of nitrogens with two attached hydrogens (primary N) is 1. The summed E-state index contributed by atoms with van der Waals surface area (Å²) in [4.78, 5) is 11.7. The Labute approximate surface area is 93.5 Å². The van der Waals surface area contributed by atoms with E-state index in [-0.39, 0.29) is 23.5 Å². The maximum absolute atomic E-state index is 11.7. The van der Waals surface area contributed by atoms with Crippen LogP contribution in [0.1, 0.15) is 43.6 Å². The Kier molecular flexibility index (Phi) is 2.57. The van der Waals surface area contributed by atoms with Crippen molar-refractivity contribution < 1.29 is 9.42 Å². The van der Waals surface area contributed by atoms with Gasteiger partial charge < -0.3 is 11.1 Å². The van der Waals surface area contributed by atoms with E-state index in [9.17, 15) is 4.79 Å². The monoisotopic (exact) mass is 224 g/mol. The van der Waals surface area contributed by atoms with Crippen molar-refractivity contribution in [2.45, 2.75) is 39.2 Å². The fourth-order valence-corrected chi connectivity index (χ4v) is 2.17. The second-order valence-electron chi connectivity index (χ2n) is 5.08. The Hall–Kier alpha value is -1.59. The van der Waals surface area contributed by atoms with E-state index in [4.69, 9.17) is 5.73 Å². The summed E-state index contributed by atoms with van der Waals surface area (Å²) in [5.41, 5.74) is 5.81. The van der Waals surface area contributed by atoms with Crippen molar-refractivity contribution in [3.05, 3.63) is 5.69 Å². The second kappa shape index (κ2) is 3.77. The molecule has 1 aromatic heterocycles. The minimum absolute atomic E-state index is 0.0368. The molecule has 1 aromatic rings. The lowest BCUT2D eigenvalue weighted by molar-refractivity contribution is 0.0926. The summed E-state index contributed by atoms with van der Waals surface area (Å²) in [6.45, 7) is 4.40. The van der Waals surface area contributed by atoms with Crippen LogP contribution in [0.3, 0.4) is 0 Å². The third-order valence-corrected chi connectivity index (χ3v) is 3.03. The Morgan fingerprint density at radius 1 is 1.56 bits per heavy atom. The van der Waals surface area contributed by atoms with Crippen molar-refractivity contribution in [2.24, 2.45) is 5.41 Å². The minimum atomic E-state index is -0.304. The number of carbonyl (C=O) groups is 1. The molecule has 1 unspecified atom stereocenters. The van der Waals surface area contributed by atoms with Gasteiger partial charge in [0.25, 0.3) is 5.91 Å². The summed E-state index contributed by atoms with van der Waals surface area (Å²) in [5.74, 6) is -0.267. The van der Waals surface area contributed by atoms with Crippen LogP contribution in [0.25, 0.3) is 0 Å². The Bertz CT molecular complexity index is 399. The van der Waals surface area contributed by atoms with Crippen molar-refractivity contribution in [2.75, 3.05) is 5.73 Å². The standard InChI is InChI=1S/C10H16N4O2/c1-10(2)4-3-6(5-10)12-9(15)7-8(11)14-16-13-7/h6H,3-5H2,1-2H3,(H2,11,14)(H,12,15). The highest BCUT2D eigenvalue weighted by Crippen LogP contribution is 2.36. The molecule has 2 rings (SSSR count). The van der Waals surface area contributed by atoms with Gasteiger partial charge in [0.2, 0.25) is 11.5 Å². The predicted molar refractivity (Wildman–Crippen MR) is 57.6 cm³/mol. The van der Waals surface area contributed by atoms with Crippen LogP contribution in [0, 0.1) is 5.41 Å². The summed E-state index contributed by atoms with van der Waals surface area (Å²) >= 11 is 0. The normalized spacial score (nSPS) is 23.2. The number of anilines is 1. The van der Waals surface area contributed by atoms with Gasteiger partial charge >= 0.3 is 0 Å². The number of hydrogen-bond acceptors (Lipinski definition) is 5. The molecule has 3 N–H and O–H groups in total. The molecule has 0 radical (unpaired) electrons. The highest BCUT2D eigenvalue weighted by molar-refractivity contribution is 5.96. The Morgan fingerprint density at radius 2 is 2.31 bits per heavy atom. The molecule has 1 aliphatic rings. The van der Waals surface area contributed by atoms with Crippen LogP contribution in [0.15, 0.2) is 4.63 Å². The molecule has 88 valence electrons. The molecule has 0 aliphatic heterocycles. The van der Waals surface area contributed by atoms with Crippen LogP contribution in [0.4, 0.5) is 5.82 Å². The fraction of sp³-hybridized carbons (Fsp3) is 0.700. The quantitative estimate of drug-likeness (QED) is 0.780. The van der Waals surface area contributed by atoms with Gasteiger partial charge in [0.05, 0.1) is 0 Å². The number of nitrogen functional groups attached to an aromatic ring is 1. The number of aromatic nitrogens is 2. The van der Waals surface area contributed by atoms with E-state index in [2.05, 4.69) is 34.1 Å². The molecule has 0 aromatic carbocycles. The zero-order chi connectivity index (χ0) is 11.8. The van der Waals surface area contributed by atoms with E-state index in [0.29, 0.717) is 5.41 Å². The molecule has 1 amide bonds. The summed E-state index contributed by atoms with van der Waals surface area (Å²) in [7, 11) is 0. The van der Waals surface area contributed by atoms with Gasteiger partial charge in [-0.05, 0) is 35.0 Å². The number of hydrogen-bond donors (Lipinski definition) is 2. The molecule has 1 heterocycles. The first kappa shape index (κ1) is 10.9. The Morgan fingerprint density at radius 3 is 2.81 bits per heavy atom. The van der Waals surface area contributed by atoms with Crippen LogP contribution in [-0.2, 0) is 0 Å². The van der Waals surface area contributed by atoms with Crippen molar-refractivity contribution in [1.82, 2.24) is 15.6 Å². The minimum Gasteiger partial charge on any atom is -0.379 e. The molecule has 1 saturated carbocycles. The second-order valence-corrected chi connectivity index (χ2v) is 5.08. The van der Waals surface area contributed by atoms with Gasteiger partial charge in [-0.25, -0.2) is 4.63 Å². The van der Waals surface area contributed by atoms with Gasteiger partial charge in [-0.3, -0.25) is 4.79 Å². The number of amides is 1. The van der Waals surface area contributed by atoms with Gasteiger partial charge in [-0.15, -0.1) is 0 Å². The van der Waals surface area contributed by atoms with Crippen LogP contribution >= 0.6 is 0 Å². The molecule has 1 fully saturated rings. The highest BCUT2D eigenvalue weighted by Gasteiger charge is 2.32. The van der Waals surface area contributed by atoms with Crippen molar-refractivity contribution in [3.63, 3.8) is 0 Å². The molecule has 6 nitrogen and oxygen atoms in total. The van der Waals surface area contributed by atoms with Crippen molar-refractivity contribution >= 4 is 11.7 Å². The average Bonchev–Trinajstić information content (AvgIpc) is 2.72. The maximum atomic E-state index is 11.7. The third kappa shape index (κ3) is 2.15. The molecular weight excluding hydrogens is 208 g/mol. The number of nitrogens with one attached hydrogen (secondary N) is 1. The number of carbonyl (C=O) groups excluding carboxylic acids is 1. The van der Waals surface area contributed by atoms with Crippen LogP contribution in [0.5, 0.6) is 0 Å². The lowest BCUT2D eigenvalue weighted by Crippen LogP contribution is -2.34. The molecule has 1 aliphatic carbocycles. The summed E-state index contributed by atoms with van der Waals surface area (Å²) in [5, 5.41) is 9.74. The SMILES string of the molecule is CC1(C)CCC(NC(=O)c2nonc2N)C1.